The number of fused-ring (bicyclic) bond motifs is 3. The third kappa shape index (κ3) is 3.16. The molecule has 0 fully saturated rings. The van der Waals surface area contributed by atoms with Crippen molar-refractivity contribution in [3.05, 3.63) is 64.3 Å². The molecular formula is C20H14Cl2F2N4O. The van der Waals surface area contributed by atoms with E-state index in [1.165, 1.54) is 17.2 Å². The number of pyridine rings is 1. The van der Waals surface area contributed by atoms with Gasteiger partial charge in [0.2, 0.25) is 0 Å². The Kier molecular flexibility index (Phi) is 4.80. The molecule has 0 spiro atoms. The van der Waals surface area contributed by atoms with Gasteiger partial charge in [0, 0.05) is 34.6 Å². The normalized spacial score (nSPS) is 13.2. The fourth-order valence-electron chi connectivity index (χ4n) is 3.38. The third-order valence-electron chi connectivity index (χ3n) is 4.58. The highest BCUT2D eigenvalue weighted by Crippen LogP contribution is 2.46. The molecule has 0 atom stereocenters. The summed E-state index contributed by atoms with van der Waals surface area (Å²) in [6.45, 7) is 1.94. The zero-order valence-corrected chi connectivity index (χ0v) is 16.6. The van der Waals surface area contributed by atoms with Crippen LogP contribution in [0.5, 0.6) is 0 Å². The molecule has 1 aliphatic rings. The maximum atomic E-state index is 14.8. The maximum Gasteiger partial charge on any atom is 0.334 e. The molecule has 1 aliphatic heterocycles. The van der Waals surface area contributed by atoms with Gasteiger partial charge in [-0.3, -0.25) is 9.80 Å². The highest BCUT2D eigenvalue weighted by molar-refractivity contribution is 6.32. The minimum absolute atomic E-state index is 0.0959. The summed E-state index contributed by atoms with van der Waals surface area (Å²) in [4.78, 5) is 20.0. The number of hydrogen-bond donors (Lipinski definition) is 1. The fraction of sp³-hybridized carbons (Fsp3) is 0.100. The van der Waals surface area contributed by atoms with Crippen molar-refractivity contribution in [1.29, 1.82) is 0 Å². The van der Waals surface area contributed by atoms with E-state index < -0.39 is 23.4 Å². The monoisotopic (exact) mass is 434 g/mol. The molecule has 148 valence electrons. The van der Waals surface area contributed by atoms with Crippen molar-refractivity contribution in [2.45, 2.75) is 6.92 Å². The second-order valence-electron chi connectivity index (χ2n) is 6.38. The fourth-order valence-corrected chi connectivity index (χ4v) is 3.70. The number of nitrogen functional groups attached to an aromatic ring is 1. The highest BCUT2D eigenvalue weighted by Gasteiger charge is 2.36. The van der Waals surface area contributed by atoms with E-state index in [1.54, 1.807) is 25.1 Å². The topological polar surface area (TPSA) is 62.5 Å². The summed E-state index contributed by atoms with van der Waals surface area (Å²) in [7, 11) is 0. The molecule has 0 aliphatic carbocycles. The van der Waals surface area contributed by atoms with Crippen LogP contribution in [0.3, 0.4) is 0 Å². The first kappa shape index (κ1) is 19.4. The van der Waals surface area contributed by atoms with Crippen LogP contribution < -0.4 is 15.5 Å². The van der Waals surface area contributed by atoms with Gasteiger partial charge < -0.3 is 5.73 Å². The van der Waals surface area contributed by atoms with E-state index >= 15 is 0 Å². The minimum atomic E-state index is -0.977. The molecule has 4 rings (SSSR count). The lowest BCUT2D eigenvalue weighted by molar-refractivity contribution is 0.253. The summed E-state index contributed by atoms with van der Waals surface area (Å²) in [6, 6.07) is 7.61. The van der Waals surface area contributed by atoms with Crippen molar-refractivity contribution in [1.82, 2.24) is 4.98 Å². The molecule has 0 bridgehead atoms. The smallest absolute Gasteiger partial charge is 0.334 e. The zero-order chi connectivity index (χ0) is 20.9. The van der Waals surface area contributed by atoms with Gasteiger partial charge in [-0.15, -0.1) is 0 Å². The number of nitrogens with two attached hydrogens (primary N) is 1. The Balaban J connectivity index is 2.10. The minimum Gasteiger partial charge on any atom is -0.399 e. The van der Waals surface area contributed by atoms with Gasteiger partial charge in [0.1, 0.15) is 11.5 Å². The molecule has 0 saturated carbocycles. The van der Waals surface area contributed by atoms with Gasteiger partial charge in [-0.05, 0) is 37.3 Å². The highest BCUT2D eigenvalue weighted by atomic mass is 35.5. The van der Waals surface area contributed by atoms with Crippen molar-refractivity contribution in [3.63, 3.8) is 0 Å². The lowest BCUT2D eigenvalue weighted by atomic mass is 10.0. The average molecular weight is 435 g/mol. The van der Waals surface area contributed by atoms with Crippen LogP contribution in [0.4, 0.5) is 36.5 Å². The number of rotatable bonds is 2. The molecular weight excluding hydrogens is 421 g/mol. The van der Waals surface area contributed by atoms with Gasteiger partial charge in [-0.25, -0.2) is 18.6 Å². The van der Waals surface area contributed by atoms with Crippen LogP contribution in [-0.2, 0) is 0 Å². The number of halogens is 4. The largest absolute Gasteiger partial charge is 0.399 e. The van der Waals surface area contributed by atoms with Gasteiger partial charge in [0.25, 0.3) is 0 Å². The van der Waals surface area contributed by atoms with Gasteiger partial charge in [0.15, 0.2) is 11.6 Å². The van der Waals surface area contributed by atoms with Gasteiger partial charge in [0.05, 0.1) is 10.7 Å². The number of hydrogen-bond acceptors (Lipinski definition) is 3. The van der Waals surface area contributed by atoms with Gasteiger partial charge in [-0.2, -0.15) is 0 Å². The Morgan fingerprint density at radius 1 is 1.03 bits per heavy atom. The van der Waals surface area contributed by atoms with Crippen LogP contribution in [0.1, 0.15) is 6.92 Å². The van der Waals surface area contributed by atoms with Crippen LogP contribution in [0.25, 0.3) is 11.1 Å². The standard InChI is InChI=1S/C20H14Cl2F2N4O/c1-2-27-19-14(5-11(22)9-26-19)13-4-3-10(21)6-17(13)28(20(27)29)18-15(23)7-12(25)8-16(18)24/h3-9H,2,25H2,1H3. The number of benzene rings is 2. The zero-order valence-electron chi connectivity index (χ0n) is 15.1. The maximum absolute atomic E-state index is 14.8. The van der Waals surface area contributed by atoms with Crippen LogP contribution in [0.2, 0.25) is 10.0 Å². The number of anilines is 4. The Labute approximate surface area is 175 Å². The summed E-state index contributed by atoms with van der Waals surface area (Å²) in [5, 5.41) is 0.644. The molecule has 0 unspecified atom stereocenters. The van der Waals surface area contributed by atoms with Crippen molar-refractivity contribution in [3.8, 4) is 11.1 Å². The van der Waals surface area contributed by atoms with Crippen molar-refractivity contribution in [2.75, 3.05) is 22.1 Å². The average Bonchev–Trinajstić information content (AvgIpc) is 2.74. The Bertz CT molecular complexity index is 1130. The molecule has 2 amide bonds. The third-order valence-corrected chi connectivity index (χ3v) is 5.02. The van der Waals surface area contributed by atoms with E-state index in [1.807, 2.05) is 0 Å². The second-order valence-corrected chi connectivity index (χ2v) is 7.25. The molecule has 0 radical (unpaired) electrons. The molecule has 9 heteroatoms. The van der Waals surface area contributed by atoms with Crippen LogP contribution in [-0.4, -0.2) is 17.6 Å². The number of carbonyl (C=O) groups is 1. The quantitative estimate of drug-likeness (QED) is 0.502. The molecule has 2 N–H and O–H groups in total. The predicted molar refractivity (Wildman–Crippen MR) is 111 cm³/mol. The first-order chi connectivity index (χ1) is 13.8. The Hall–Kier alpha value is -2.90. The van der Waals surface area contributed by atoms with Gasteiger partial charge in [-0.1, -0.05) is 29.3 Å². The van der Waals surface area contributed by atoms with Crippen molar-refractivity contribution in [2.24, 2.45) is 0 Å². The molecule has 5 nitrogen and oxygen atoms in total. The predicted octanol–water partition coefficient (Wildman–Crippen LogP) is 6.01. The van der Waals surface area contributed by atoms with E-state index in [-0.39, 0.29) is 17.9 Å². The number of aromatic nitrogens is 1. The molecule has 29 heavy (non-hydrogen) atoms. The first-order valence-corrected chi connectivity index (χ1v) is 9.39. The number of amides is 2. The summed E-state index contributed by atoms with van der Waals surface area (Å²) in [5.74, 6) is -1.63. The van der Waals surface area contributed by atoms with Crippen LogP contribution in [0, 0.1) is 11.6 Å². The van der Waals surface area contributed by atoms with Gasteiger partial charge >= 0.3 is 6.03 Å². The van der Waals surface area contributed by atoms with Crippen molar-refractivity contribution >= 4 is 52.1 Å². The number of carbonyl (C=O) groups excluding carboxylic acids is 1. The molecule has 3 aromatic rings. The van der Waals surface area contributed by atoms with E-state index in [2.05, 4.69) is 4.98 Å². The van der Waals surface area contributed by atoms with Crippen LogP contribution in [0.15, 0.2) is 42.6 Å². The summed E-state index contributed by atoms with van der Waals surface area (Å²) >= 11 is 12.3. The summed E-state index contributed by atoms with van der Waals surface area (Å²) < 4.78 is 29.6. The molecule has 2 heterocycles. The molecule has 2 aromatic carbocycles. The van der Waals surface area contributed by atoms with Crippen molar-refractivity contribution < 1.29 is 13.6 Å². The second kappa shape index (κ2) is 7.17. The molecule has 1 aromatic heterocycles. The lowest BCUT2D eigenvalue weighted by Gasteiger charge is -2.28. The first-order valence-electron chi connectivity index (χ1n) is 8.63. The van der Waals surface area contributed by atoms with E-state index in [9.17, 15) is 13.6 Å². The molecule has 0 saturated heterocycles. The van der Waals surface area contributed by atoms with E-state index in [0.29, 0.717) is 27.0 Å². The Morgan fingerprint density at radius 2 is 1.72 bits per heavy atom. The van der Waals surface area contributed by atoms with E-state index in [0.717, 1.165) is 17.0 Å². The lowest BCUT2D eigenvalue weighted by Crippen LogP contribution is -2.41. The van der Waals surface area contributed by atoms with E-state index in [4.69, 9.17) is 28.9 Å². The number of nitrogens with zero attached hydrogens (tertiary/aromatic N) is 3. The number of urea groups is 1. The Morgan fingerprint density at radius 3 is 2.38 bits per heavy atom. The van der Waals surface area contributed by atoms with Crippen LogP contribution >= 0.6 is 23.2 Å². The SMILES string of the molecule is CCN1C(=O)N(c2c(F)cc(N)cc2F)c2cc(Cl)ccc2-c2cc(Cl)cnc21. The summed E-state index contributed by atoms with van der Waals surface area (Å²) in [5.41, 5.74) is 6.13. The summed E-state index contributed by atoms with van der Waals surface area (Å²) in [6.07, 6.45) is 1.41.